The van der Waals surface area contributed by atoms with Crippen molar-refractivity contribution in [2.75, 3.05) is 0 Å². The Kier molecular flexibility index (Phi) is 5.05. The van der Waals surface area contributed by atoms with E-state index < -0.39 is 10.7 Å². The molecule has 1 heterocycles. The van der Waals surface area contributed by atoms with Crippen LogP contribution in [0.5, 0.6) is 0 Å². The summed E-state index contributed by atoms with van der Waals surface area (Å²) in [6, 6.07) is 15.0. The van der Waals surface area contributed by atoms with Crippen molar-refractivity contribution in [2.45, 2.75) is 16.7 Å². The van der Waals surface area contributed by atoms with Crippen molar-refractivity contribution in [1.29, 1.82) is 0 Å². The lowest BCUT2D eigenvalue weighted by atomic mass is 10.0. The molecule has 20 heavy (non-hydrogen) atoms. The van der Waals surface area contributed by atoms with Gasteiger partial charge in [-0.1, -0.05) is 47.2 Å². The molecule has 4 nitrogen and oxygen atoms in total. The molecular weight excluding hydrogens is 292 g/mol. The van der Waals surface area contributed by atoms with Crippen molar-refractivity contribution >= 4 is 27.6 Å². The van der Waals surface area contributed by atoms with Crippen molar-refractivity contribution in [2.24, 2.45) is 5.90 Å². The van der Waals surface area contributed by atoms with Crippen LogP contribution < -0.4 is 5.90 Å². The molecule has 1 aromatic heterocycles. The summed E-state index contributed by atoms with van der Waals surface area (Å²) in [5.74, 6) is 4.59. The van der Waals surface area contributed by atoms with Crippen LogP contribution in [0.25, 0.3) is 0 Å². The minimum absolute atomic E-state index is 0.489. The fourth-order valence-electron chi connectivity index (χ4n) is 1.59. The average molecular weight is 306 g/mol. The molecule has 6 heteroatoms. The Morgan fingerprint density at radius 1 is 1.20 bits per heavy atom. The van der Waals surface area contributed by atoms with Crippen LogP contribution in [0.2, 0.25) is 0 Å². The molecule has 1 aromatic carbocycles. The molecule has 1 unspecified atom stereocenters. The second-order valence-corrected chi connectivity index (χ2v) is 6.71. The van der Waals surface area contributed by atoms with Crippen LogP contribution in [0.15, 0.2) is 59.8 Å². The van der Waals surface area contributed by atoms with Crippen LogP contribution in [0.1, 0.15) is 12.5 Å². The van der Waals surface area contributed by atoms with Gasteiger partial charge in [-0.3, -0.25) is 0 Å². The molecule has 0 spiro atoms. The number of nitrogens with zero attached hydrogens (tertiary/aromatic N) is 1. The standard InChI is InChI=1S/C14H14N2O2S2/c1-14(13(17)18-15,11-7-3-2-4-8-11)20-19-12-9-5-6-10-16-12/h2-10H,15H2,1H3. The Bertz CT molecular complexity index is 566. The summed E-state index contributed by atoms with van der Waals surface area (Å²) in [7, 11) is 2.78. The Morgan fingerprint density at radius 3 is 2.50 bits per heavy atom. The number of hydrogen-bond acceptors (Lipinski definition) is 6. The summed E-state index contributed by atoms with van der Waals surface area (Å²) in [4.78, 5) is 20.7. The molecule has 0 aliphatic rings. The van der Waals surface area contributed by atoms with Gasteiger partial charge in [0.2, 0.25) is 0 Å². The van der Waals surface area contributed by atoms with Crippen molar-refractivity contribution in [3.05, 3.63) is 60.3 Å². The zero-order valence-electron chi connectivity index (χ0n) is 10.9. The molecule has 0 aliphatic heterocycles. The van der Waals surface area contributed by atoms with Gasteiger partial charge in [-0.05, 0) is 35.4 Å². The summed E-state index contributed by atoms with van der Waals surface area (Å²) in [6.45, 7) is 1.79. The Morgan fingerprint density at radius 2 is 1.90 bits per heavy atom. The van der Waals surface area contributed by atoms with Gasteiger partial charge in [0.15, 0.2) is 0 Å². The predicted octanol–water partition coefficient (Wildman–Crippen LogP) is 3.15. The molecule has 0 bridgehead atoms. The zero-order valence-corrected chi connectivity index (χ0v) is 12.5. The number of rotatable bonds is 5. The fraction of sp³-hybridized carbons (Fsp3) is 0.143. The van der Waals surface area contributed by atoms with Crippen LogP contribution in [0.4, 0.5) is 0 Å². The average Bonchev–Trinajstić information content (AvgIpc) is 2.53. The third-order valence-electron chi connectivity index (χ3n) is 2.75. The summed E-state index contributed by atoms with van der Waals surface area (Å²) in [5.41, 5.74) is 0.837. The van der Waals surface area contributed by atoms with Gasteiger partial charge in [0, 0.05) is 6.20 Å². The molecule has 1 atom stereocenters. The van der Waals surface area contributed by atoms with Gasteiger partial charge < -0.3 is 4.84 Å². The van der Waals surface area contributed by atoms with E-state index in [9.17, 15) is 4.79 Å². The number of aromatic nitrogens is 1. The maximum atomic E-state index is 12.1. The third kappa shape index (κ3) is 3.33. The lowest BCUT2D eigenvalue weighted by molar-refractivity contribution is -0.146. The maximum Gasteiger partial charge on any atom is 0.345 e. The highest BCUT2D eigenvalue weighted by Gasteiger charge is 2.38. The number of pyridine rings is 1. The van der Waals surface area contributed by atoms with Gasteiger partial charge in [-0.25, -0.2) is 9.78 Å². The topological polar surface area (TPSA) is 65.2 Å². The first-order chi connectivity index (χ1) is 9.66. The van der Waals surface area contributed by atoms with E-state index in [0.717, 1.165) is 10.6 Å². The summed E-state index contributed by atoms with van der Waals surface area (Å²) >= 11 is 0. The molecule has 2 aromatic rings. The number of nitrogens with two attached hydrogens (primary N) is 1. The molecule has 0 saturated carbocycles. The van der Waals surface area contributed by atoms with Crippen LogP contribution >= 0.6 is 21.6 Å². The number of benzene rings is 1. The van der Waals surface area contributed by atoms with Crippen molar-refractivity contribution in [1.82, 2.24) is 4.98 Å². The van der Waals surface area contributed by atoms with Crippen LogP contribution in [-0.4, -0.2) is 11.0 Å². The molecule has 0 fully saturated rings. The normalized spacial score (nSPS) is 13.5. The Balaban J connectivity index is 2.22. The van der Waals surface area contributed by atoms with Gasteiger partial charge in [0.05, 0.1) is 0 Å². The maximum absolute atomic E-state index is 12.1. The second-order valence-electron chi connectivity index (χ2n) is 4.14. The lowest BCUT2D eigenvalue weighted by Crippen LogP contribution is -2.32. The van der Waals surface area contributed by atoms with E-state index in [1.807, 2.05) is 48.5 Å². The molecule has 0 aliphatic carbocycles. The third-order valence-corrected chi connectivity index (χ3v) is 5.75. The smallest absolute Gasteiger partial charge is 0.345 e. The van der Waals surface area contributed by atoms with Crippen molar-refractivity contribution in [3.8, 4) is 0 Å². The molecular formula is C14H14N2O2S2. The largest absolute Gasteiger partial charge is 0.372 e. The molecule has 0 radical (unpaired) electrons. The summed E-state index contributed by atoms with van der Waals surface area (Å²) in [6.07, 6.45) is 1.71. The van der Waals surface area contributed by atoms with E-state index in [1.54, 1.807) is 13.1 Å². The summed E-state index contributed by atoms with van der Waals surface area (Å²) in [5, 5.41) is 0.824. The highest BCUT2D eigenvalue weighted by molar-refractivity contribution is 8.77. The molecule has 104 valence electrons. The Labute approximate surface area is 125 Å². The first-order valence-corrected chi connectivity index (χ1v) is 8.05. The molecule has 2 rings (SSSR count). The van der Waals surface area contributed by atoms with Gasteiger partial charge in [-0.15, -0.1) is 0 Å². The van der Waals surface area contributed by atoms with Crippen LogP contribution in [0, 0.1) is 0 Å². The van der Waals surface area contributed by atoms with E-state index in [2.05, 4.69) is 9.82 Å². The van der Waals surface area contributed by atoms with Gasteiger partial charge in [-0.2, -0.15) is 5.90 Å². The van der Waals surface area contributed by atoms with Crippen LogP contribution in [0.3, 0.4) is 0 Å². The zero-order chi connectivity index (χ0) is 14.4. The monoisotopic (exact) mass is 306 g/mol. The first kappa shape index (κ1) is 14.9. The number of hydrogen-bond donors (Lipinski definition) is 1. The number of carbonyl (C=O) groups is 1. The second kappa shape index (κ2) is 6.78. The van der Waals surface area contributed by atoms with Gasteiger partial charge in [0.1, 0.15) is 9.77 Å². The van der Waals surface area contributed by atoms with Crippen molar-refractivity contribution in [3.63, 3.8) is 0 Å². The highest BCUT2D eigenvalue weighted by atomic mass is 33.1. The summed E-state index contributed by atoms with van der Waals surface area (Å²) < 4.78 is -0.891. The highest BCUT2D eigenvalue weighted by Crippen LogP contribution is 2.46. The van der Waals surface area contributed by atoms with E-state index in [-0.39, 0.29) is 0 Å². The van der Waals surface area contributed by atoms with E-state index in [4.69, 9.17) is 5.90 Å². The van der Waals surface area contributed by atoms with E-state index in [1.165, 1.54) is 21.6 Å². The van der Waals surface area contributed by atoms with Gasteiger partial charge in [0.25, 0.3) is 0 Å². The van der Waals surface area contributed by atoms with E-state index in [0.29, 0.717) is 0 Å². The lowest BCUT2D eigenvalue weighted by Gasteiger charge is -2.25. The minimum atomic E-state index is -0.891. The Hall–Kier alpha value is -1.50. The molecule has 2 N–H and O–H groups in total. The quantitative estimate of drug-likeness (QED) is 0.676. The number of carbonyl (C=O) groups excluding carboxylic acids is 1. The van der Waals surface area contributed by atoms with Crippen molar-refractivity contribution < 1.29 is 9.63 Å². The SMILES string of the molecule is CC(SSc1ccccn1)(C(=O)ON)c1ccccc1. The van der Waals surface area contributed by atoms with Gasteiger partial charge >= 0.3 is 5.97 Å². The van der Waals surface area contributed by atoms with E-state index >= 15 is 0 Å². The first-order valence-electron chi connectivity index (χ1n) is 5.90. The fourth-order valence-corrected chi connectivity index (χ4v) is 3.97. The predicted molar refractivity (Wildman–Crippen MR) is 81.8 cm³/mol. The van der Waals surface area contributed by atoms with Crippen LogP contribution in [-0.2, 0) is 14.4 Å². The molecule has 0 saturated heterocycles. The molecule has 0 amide bonds. The minimum Gasteiger partial charge on any atom is -0.372 e.